The van der Waals surface area contributed by atoms with Crippen LogP contribution in [0.3, 0.4) is 0 Å². The topological polar surface area (TPSA) is 156 Å². The van der Waals surface area contributed by atoms with Crippen molar-refractivity contribution in [3.63, 3.8) is 0 Å². The first-order chi connectivity index (χ1) is 20.4. The minimum Gasteiger partial charge on any atom is -0.475 e. The highest BCUT2D eigenvalue weighted by Crippen LogP contribution is 2.28. The van der Waals surface area contributed by atoms with Crippen LogP contribution in [0.5, 0.6) is 0 Å². The maximum atomic E-state index is 13.8. The van der Waals surface area contributed by atoms with E-state index in [9.17, 15) is 19.5 Å². The normalized spacial score (nSPS) is 19.5. The third-order valence-corrected chi connectivity index (χ3v) is 7.65. The van der Waals surface area contributed by atoms with E-state index in [1.165, 1.54) is 23.2 Å². The summed E-state index contributed by atoms with van der Waals surface area (Å²) < 4.78 is 12.3. The van der Waals surface area contributed by atoms with Crippen LogP contribution in [0, 0.1) is 0 Å². The smallest absolute Gasteiger partial charge is 0.371 e. The lowest BCUT2D eigenvalue weighted by Crippen LogP contribution is -2.55. The van der Waals surface area contributed by atoms with Crippen LogP contribution in [-0.2, 0) is 14.3 Å². The van der Waals surface area contributed by atoms with Gasteiger partial charge >= 0.3 is 5.97 Å². The van der Waals surface area contributed by atoms with Gasteiger partial charge in [0.1, 0.15) is 18.0 Å². The molecule has 2 aliphatic heterocycles. The number of aromatic nitrogens is 4. The van der Waals surface area contributed by atoms with Gasteiger partial charge in [-0.2, -0.15) is 4.68 Å². The predicted octanol–water partition coefficient (Wildman–Crippen LogP) is 2.71. The van der Waals surface area contributed by atoms with E-state index in [0.29, 0.717) is 72.2 Å². The standard InChI is InChI=1S/C28H26ClN7O6/c29-19-2-4-21(36-16-30-32-33-36)17(13-19)1-6-25(37)35-8-7-22(34-9-11-41-12-10-34)26(35)27(38)31-20-3-5-23-18(14-20)15-24(42-23)28(39)40/h1-6,13-16,22,26H,7-12H2,(H,31,38)(H,39,40)/b6-1+/t22-,26+/m1/s1. The number of hydrogen-bond acceptors (Lipinski definition) is 9. The number of benzene rings is 2. The van der Waals surface area contributed by atoms with Crippen LogP contribution in [0.25, 0.3) is 22.7 Å². The van der Waals surface area contributed by atoms with Crippen molar-refractivity contribution < 1.29 is 28.6 Å². The van der Waals surface area contributed by atoms with Crippen LogP contribution in [0.15, 0.2) is 59.3 Å². The van der Waals surface area contributed by atoms with Crippen molar-refractivity contribution in [1.82, 2.24) is 30.0 Å². The lowest BCUT2D eigenvalue weighted by atomic mass is 10.1. The molecule has 14 heteroatoms. The molecule has 216 valence electrons. The largest absolute Gasteiger partial charge is 0.475 e. The summed E-state index contributed by atoms with van der Waals surface area (Å²) in [5, 5.41) is 24.5. The number of aromatic carboxylic acids is 1. The Morgan fingerprint density at radius 1 is 1.07 bits per heavy atom. The number of carboxylic acid groups (broad SMARTS) is 1. The van der Waals surface area contributed by atoms with Gasteiger partial charge in [-0.15, -0.1) is 5.10 Å². The Morgan fingerprint density at radius 2 is 1.90 bits per heavy atom. The number of nitrogens with one attached hydrogen (secondary N) is 1. The van der Waals surface area contributed by atoms with Gasteiger partial charge in [0.15, 0.2) is 0 Å². The highest BCUT2D eigenvalue weighted by atomic mass is 35.5. The monoisotopic (exact) mass is 591 g/mol. The molecule has 0 aliphatic carbocycles. The zero-order valence-corrected chi connectivity index (χ0v) is 23.0. The summed E-state index contributed by atoms with van der Waals surface area (Å²) in [6, 6.07) is 10.5. The molecule has 0 saturated carbocycles. The summed E-state index contributed by atoms with van der Waals surface area (Å²) in [5.41, 5.74) is 2.12. The van der Waals surface area contributed by atoms with Gasteiger partial charge < -0.3 is 24.5 Å². The Labute approximate surface area is 244 Å². The second kappa shape index (κ2) is 11.7. The molecule has 4 aromatic rings. The van der Waals surface area contributed by atoms with Gasteiger partial charge in [0, 0.05) is 53.4 Å². The average molecular weight is 592 g/mol. The van der Waals surface area contributed by atoms with Gasteiger partial charge in [0.25, 0.3) is 0 Å². The molecular weight excluding hydrogens is 566 g/mol. The second-order valence-electron chi connectivity index (χ2n) is 9.93. The molecule has 13 nitrogen and oxygen atoms in total. The van der Waals surface area contributed by atoms with Crippen LogP contribution in [0.2, 0.25) is 5.02 Å². The Kier molecular flexibility index (Phi) is 7.69. The summed E-state index contributed by atoms with van der Waals surface area (Å²) in [5.74, 6) is -2.04. The van der Waals surface area contributed by atoms with E-state index in [1.54, 1.807) is 47.4 Å². The third-order valence-electron chi connectivity index (χ3n) is 7.42. The molecular formula is C28H26ClN7O6. The number of morpholine rings is 1. The molecule has 2 saturated heterocycles. The highest BCUT2D eigenvalue weighted by molar-refractivity contribution is 6.30. The molecule has 0 spiro atoms. The lowest BCUT2D eigenvalue weighted by molar-refractivity contribution is -0.134. The van der Waals surface area contributed by atoms with E-state index in [0.717, 1.165) is 0 Å². The zero-order valence-electron chi connectivity index (χ0n) is 22.2. The Bertz CT molecular complexity index is 1660. The third kappa shape index (κ3) is 5.62. The van der Waals surface area contributed by atoms with Gasteiger partial charge in [0.2, 0.25) is 17.6 Å². The minimum absolute atomic E-state index is 0.192. The molecule has 2 aromatic carbocycles. The molecule has 2 aliphatic rings. The molecule has 42 heavy (non-hydrogen) atoms. The van der Waals surface area contributed by atoms with Crippen molar-refractivity contribution in [3.05, 3.63) is 71.2 Å². The van der Waals surface area contributed by atoms with E-state index >= 15 is 0 Å². The van der Waals surface area contributed by atoms with Crippen LogP contribution in [0.1, 0.15) is 22.5 Å². The van der Waals surface area contributed by atoms with E-state index < -0.39 is 12.0 Å². The SMILES string of the molecule is O=C(O)c1cc2cc(NC(=O)[C@@H]3[C@H](N4CCOCC4)CCN3C(=O)/C=C/c3cc(Cl)ccc3-n3cnnn3)ccc2o1. The molecule has 2 N–H and O–H groups in total. The Morgan fingerprint density at radius 3 is 2.67 bits per heavy atom. The van der Waals surface area contributed by atoms with E-state index in [4.69, 9.17) is 20.8 Å². The molecule has 4 heterocycles. The van der Waals surface area contributed by atoms with Crippen molar-refractivity contribution >= 4 is 52.1 Å². The first-order valence-electron chi connectivity index (χ1n) is 13.3. The van der Waals surface area contributed by atoms with Gasteiger partial charge in [-0.1, -0.05) is 11.6 Å². The lowest BCUT2D eigenvalue weighted by Gasteiger charge is -2.36. The summed E-state index contributed by atoms with van der Waals surface area (Å²) in [4.78, 5) is 42.5. The minimum atomic E-state index is -1.18. The van der Waals surface area contributed by atoms with Crippen LogP contribution in [0.4, 0.5) is 5.69 Å². The number of carbonyl (C=O) groups is 3. The highest BCUT2D eigenvalue weighted by Gasteiger charge is 2.44. The van der Waals surface area contributed by atoms with Gasteiger partial charge in [0.05, 0.1) is 18.9 Å². The van der Waals surface area contributed by atoms with Crippen molar-refractivity contribution in [2.75, 3.05) is 38.2 Å². The number of hydrogen-bond donors (Lipinski definition) is 2. The van der Waals surface area contributed by atoms with E-state index in [2.05, 4.69) is 25.7 Å². The fourth-order valence-electron chi connectivity index (χ4n) is 5.47. The first kappa shape index (κ1) is 27.6. The number of fused-ring (bicyclic) bond motifs is 1. The number of anilines is 1. The number of amides is 2. The maximum absolute atomic E-state index is 13.8. The van der Waals surface area contributed by atoms with E-state index in [1.807, 2.05) is 0 Å². The van der Waals surface area contributed by atoms with Crippen molar-refractivity contribution in [2.24, 2.45) is 0 Å². The summed E-state index contributed by atoms with van der Waals surface area (Å²) in [7, 11) is 0. The fraction of sp³-hybridized carbons (Fsp3) is 0.286. The maximum Gasteiger partial charge on any atom is 0.371 e. The van der Waals surface area contributed by atoms with Crippen molar-refractivity contribution in [1.29, 1.82) is 0 Å². The number of rotatable bonds is 7. The number of halogens is 1. The summed E-state index contributed by atoms with van der Waals surface area (Å²) >= 11 is 6.23. The van der Waals surface area contributed by atoms with Crippen LogP contribution in [-0.4, -0.2) is 97.8 Å². The predicted molar refractivity (Wildman–Crippen MR) is 151 cm³/mol. The van der Waals surface area contributed by atoms with Crippen LogP contribution < -0.4 is 5.32 Å². The molecule has 2 amide bonds. The van der Waals surface area contributed by atoms with Crippen LogP contribution >= 0.6 is 11.6 Å². The number of furan rings is 1. The molecule has 0 unspecified atom stereocenters. The van der Waals surface area contributed by atoms with Crippen molar-refractivity contribution in [2.45, 2.75) is 18.5 Å². The number of carbonyl (C=O) groups excluding carboxylic acids is 2. The Hall–Kier alpha value is -4.59. The summed E-state index contributed by atoms with van der Waals surface area (Å²) in [6.07, 6.45) is 5.12. The number of tetrazole rings is 1. The number of nitrogens with zero attached hydrogens (tertiary/aromatic N) is 6. The molecule has 0 bridgehead atoms. The second-order valence-corrected chi connectivity index (χ2v) is 10.4. The molecule has 2 fully saturated rings. The molecule has 0 radical (unpaired) electrons. The van der Waals surface area contributed by atoms with Gasteiger partial charge in [-0.3, -0.25) is 14.5 Å². The quantitative estimate of drug-likeness (QED) is 0.306. The zero-order chi connectivity index (χ0) is 29.2. The Balaban J connectivity index is 1.26. The fourth-order valence-corrected chi connectivity index (χ4v) is 5.65. The number of carboxylic acids is 1. The van der Waals surface area contributed by atoms with Gasteiger partial charge in [-0.05, 0) is 65.4 Å². The first-order valence-corrected chi connectivity index (χ1v) is 13.7. The molecule has 2 aromatic heterocycles. The number of ether oxygens (including phenoxy) is 1. The van der Waals surface area contributed by atoms with Gasteiger partial charge in [-0.25, -0.2) is 4.79 Å². The average Bonchev–Trinajstić information content (AvgIpc) is 3.76. The number of likely N-dealkylation sites (tertiary alicyclic amines) is 1. The molecule has 2 atom stereocenters. The summed E-state index contributed by atoms with van der Waals surface area (Å²) in [6.45, 7) is 2.81. The van der Waals surface area contributed by atoms with E-state index in [-0.39, 0.29) is 23.6 Å². The molecule has 6 rings (SSSR count). The van der Waals surface area contributed by atoms with Crippen molar-refractivity contribution in [3.8, 4) is 5.69 Å².